The Morgan fingerprint density at radius 3 is 2.25 bits per heavy atom. The van der Waals surface area contributed by atoms with Crippen molar-refractivity contribution >= 4 is 0 Å². The molecular weight excluding hydrogens is 198 g/mol. The van der Waals surface area contributed by atoms with Crippen LogP contribution in [-0.4, -0.2) is 25.3 Å². The van der Waals surface area contributed by atoms with Crippen molar-refractivity contribution in [3.05, 3.63) is 0 Å². The van der Waals surface area contributed by atoms with E-state index in [-0.39, 0.29) is 5.60 Å². The minimum Gasteiger partial charge on any atom is -0.371 e. The van der Waals surface area contributed by atoms with E-state index in [4.69, 9.17) is 4.74 Å². The van der Waals surface area contributed by atoms with Gasteiger partial charge in [-0.1, -0.05) is 33.1 Å². The summed E-state index contributed by atoms with van der Waals surface area (Å²) in [5.41, 5.74) is 0.126. The van der Waals surface area contributed by atoms with Gasteiger partial charge in [0.15, 0.2) is 0 Å². The lowest BCUT2D eigenvalue weighted by atomic mass is 9.84. The fourth-order valence-corrected chi connectivity index (χ4v) is 2.99. The number of ether oxygens (including phenoxy) is 1. The molecule has 1 aliphatic rings. The van der Waals surface area contributed by atoms with Crippen LogP contribution < -0.4 is 5.32 Å². The fraction of sp³-hybridized carbons (Fsp3) is 1.00. The molecule has 1 N–H and O–H groups in total. The molecule has 0 aromatic heterocycles. The summed E-state index contributed by atoms with van der Waals surface area (Å²) >= 11 is 0. The van der Waals surface area contributed by atoms with Crippen molar-refractivity contribution in [1.29, 1.82) is 0 Å². The Balaban J connectivity index is 2.48. The maximum Gasteiger partial charge on any atom is 0.0809 e. The first-order chi connectivity index (χ1) is 7.58. The van der Waals surface area contributed by atoms with Gasteiger partial charge >= 0.3 is 0 Å². The lowest BCUT2D eigenvalue weighted by Crippen LogP contribution is -2.45. The fourth-order valence-electron chi connectivity index (χ4n) is 2.99. The molecule has 0 bridgehead atoms. The maximum absolute atomic E-state index is 6.37. The number of hydrogen-bond donors (Lipinski definition) is 1. The van der Waals surface area contributed by atoms with Crippen LogP contribution in [0.1, 0.15) is 59.3 Å². The lowest BCUT2D eigenvalue weighted by Gasteiger charge is -2.39. The third-order valence-electron chi connectivity index (χ3n) is 3.52. The van der Waals surface area contributed by atoms with E-state index in [2.05, 4.69) is 26.1 Å². The van der Waals surface area contributed by atoms with Crippen LogP contribution in [-0.2, 0) is 4.74 Å². The molecule has 0 aliphatic heterocycles. The number of hydrogen-bond acceptors (Lipinski definition) is 2. The maximum atomic E-state index is 6.37. The molecule has 0 aromatic carbocycles. The average molecular weight is 227 g/mol. The molecule has 0 heterocycles. The predicted molar refractivity (Wildman–Crippen MR) is 69.7 cm³/mol. The molecule has 1 unspecified atom stereocenters. The summed E-state index contributed by atoms with van der Waals surface area (Å²) in [5, 5.41) is 3.31. The van der Waals surface area contributed by atoms with E-state index in [1.807, 2.05) is 7.05 Å². The second kappa shape index (κ2) is 6.61. The number of nitrogens with one attached hydrogen (secondary N) is 1. The highest BCUT2D eigenvalue weighted by atomic mass is 16.5. The van der Waals surface area contributed by atoms with Crippen LogP contribution >= 0.6 is 0 Å². The average Bonchev–Trinajstić information content (AvgIpc) is 2.17. The highest BCUT2D eigenvalue weighted by Crippen LogP contribution is 2.33. The van der Waals surface area contributed by atoms with Crippen LogP contribution in [0.3, 0.4) is 0 Å². The molecule has 96 valence electrons. The molecule has 0 saturated heterocycles. The molecule has 0 spiro atoms. The topological polar surface area (TPSA) is 21.3 Å². The van der Waals surface area contributed by atoms with Gasteiger partial charge < -0.3 is 10.1 Å². The summed E-state index contributed by atoms with van der Waals surface area (Å²) in [7, 11) is 2.03. The Kier molecular flexibility index (Phi) is 5.77. The van der Waals surface area contributed by atoms with Crippen LogP contribution in [0.15, 0.2) is 0 Å². The minimum absolute atomic E-state index is 0.126. The van der Waals surface area contributed by atoms with Crippen molar-refractivity contribution in [1.82, 2.24) is 5.32 Å². The predicted octanol–water partition coefficient (Wildman–Crippen LogP) is 3.36. The van der Waals surface area contributed by atoms with Crippen LogP contribution in [0.5, 0.6) is 0 Å². The van der Waals surface area contributed by atoms with E-state index in [0.29, 0.717) is 6.10 Å². The largest absolute Gasteiger partial charge is 0.371 e. The molecular formula is C14H29NO. The second-order valence-corrected chi connectivity index (χ2v) is 5.83. The normalized spacial score (nSPS) is 22.3. The van der Waals surface area contributed by atoms with E-state index < -0.39 is 0 Å². The molecule has 0 radical (unpaired) electrons. The standard InChI is InChI=1S/C14H29NO/c1-12(2)10-13(3)16-14(11-15-4)8-6-5-7-9-14/h12-13,15H,5-11H2,1-4H3. The molecule has 0 amide bonds. The zero-order valence-electron chi connectivity index (χ0n) is 11.5. The molecule has 2 heteroatoms. The Labute approximate surface area is 101 Å². The van der Waals surface area contributed by atoms with Gasteiger partial charge in [0.2, 0.25) is 0 Å². The zero-order chi connectivity index (χ0) is 12.0. The summed E-state index contributed by atoms with van der Waals surface area (Å²) < 4.78 is 6.37. The SMILES string of the molecule is CNCC1(OC(C)CC(C)C)CCCCC1. The summed E-state index contributed by atoms with van der Waals surface area (Å²) in [6.07, 6.45) is 8.07. The molecule has 2 nitrogen and oxygen atoms in total. The van der Waals surface area contributed by atoms with Gasteiger partial charge in [-0.25, -0.2) is 0 Å². The van der Waals surface area contributed by atoms with Gasteiger partial charge in [-0.2, -0.15) is 0 Å². The van der Waals surface area contributed by atoms with Crippen molar-refractivity contribution in [2.75, 3.05) is 13.6 Å². The Morgan fingerprint density at radius 2 is 1.75 bits per heavy atom. The van der Waals surface area contributed by atoms with E-state index in [0.717, 1.165) is 12.5 Å². The Morgan fingerprint density at radius 1 is 1.12 bits per heavy atom. The minimum atomic E-state index is 0.126. The van der Waals surface area contributed by atoms with Crippen LogP contribution in [0, 0.1) is 5.92 Å². The highest BCUT2D eigenvalue weighted by Gasteiger charge is 2.33. The zero-order valence-corrected chi connectivity index (χ0v) is 11.5. The van der Waals surface area contributed by atoms with Gasteiger partial charge in [0.1, 0.15) is 0 Å². The lowest BCUT2D eigenvalue weighted by molar-refractivity contribution is -0.110. The molecule has 1 aliphatic carbocycles. The van der Waals surface area contributed by atoms with Gasteiger partial charge in [-0.15, -0.1) is 0 Å². The third-order valence-corrected chi connectivity index (χ3v) is 3.52. The Bertz CT molecular complexity index is 180. The van der Waals surface area contributed by atoms with Crippen LogP contribution in [0.4, 0.5) is 0 Å². The van der Waals surface area contributed by atoms with Gasteiger partial charge in [-0.05, 0) is 39.2 Å². The van der Waals surface area contributed by atoms with Gasteiger partial charge in [0, 0.05) is 6.54 Å². The summed E-state index contributed by atoms with van der Waals surface area (Å²) in [6, 6.07) is 0. The van der Waals surface area contributed by atoms with Crippen LogP contribution in [0.25, 0.3) is 0 Å². The third kappa shape index (κ3) is 4.42. The molecule has 1 rings (SSSR count). The first kappa shape index (κ1) is 14.0. The van der Waals surface area contributed by atoms with Crippen molar-refractivity contribution in [3.8, 4) is 0 Å². The monoisotopic (exact) mass is 227 g/mol. The summed E-state index contributed by atoms with van der Waals surface area (Å²) in [6.45, 7) is 7.78. The molecule has 16 heavy (non-hydrogen) atoms. The van der Waals surface area contributed by atoms with E-state index in [1.165, 1.54) is 38.5 Å². The first-order valence-corrected chi connectivity index (χ1v) is 6.90. The molecule has 1 fully saturated rings. The van der Waals surface area contributed by atoms with Crippen molar-refractivity contribution < 1.29 is 4.74 Å². The summed E-state index contributed by atoms with van der Waals surface area (Å²) in [5.74, 6) is 0.727. The van der Waals surface area contributed by atoms with Gasteiger partial charge in [0.05, 0.1) is 11.7 Å². The number of rotatable bonds is 6. The molecule has 1 saturated carbocycles. The van der Waals surface area contributed by atoms with Crippen molar-refractivity contribution in [2.45, 2.75) is 71.0 Å². The summed E-state index contributed by atoms with van der Waals surface area (Å²) in [4.78, 5) is 0. The molecule has 1 atom stereocenters. The second-order valence-electron chi connectivity index (χ2n) is 5.83. The van der Waals surface area contributed by atoms with Gasteiger partial charge in [0.25, 0.3) is 0 Å². The van der Waals surface area contributed by atoms with Gasteiger partial charge in [-0.3, -0.25) is 0 Å². The molecule has 0 aromatic rings. The quantitative estimate of drug-likeness (QED) is 0.751. The van der Waals surface area contributed by atoms with Crippen LogP contribution in [0.2, 0.25) is 0 Å². The smallest absolute Gasteiger partial charge is 0.0809 e. The van der Waals surface area contributed by atoms with E-state index >= 15 is 0 Å². The van der Waals surface area contributed by atoms with Crippen molar-refractivity contribution in [2.24, 2.45) is 5.92 Å². The van der Waals surface area contributed by atoms with Crippen molar-refractivity contribution in [3.63, 3.8) is 0 Å². The van der Waals surface area contributed by atoms with E-state index in [9.17, 15) is 0 Å². The van der Waals surface area contributed by atoms with E-state index in [1.54, 1.807) is 0 Å². The first-order valence-electron chi connectivity index (χ1n) is 6.90. The Hall–Kier alpha value is -0.0800. The highest BCUT2D eigenvalue weighted by molar-refractivity contribution is 4.87. The number of likely N-dealkylation sites (N-methyl/N-ethyl adjacent to an activating group) is 1.